The van der Waals surface area contributed by atoms with Gasteiger partial charge in [0.25, 0.3) is 5.91 Å². The molecule has 2 heterocycles. The molecular weight excluding hydrogens is 370 g/mol. The van der Waals surface area contributed by atoms with Gasteiger partial charge in [0.1, 0.15) is 0 Å². The monoisotopic (exact) mass is 387 g/mol. The fourth-order valence-corrected chi connectivity index (χ4v) is 2.95. The van der Waals surface area contributed by atoms with Crippen LogP contribution in [-0.2, 0) is 6.54 Å². The number of rotatable bonds is 5. The van der Waals surface area contributed by atoms with E-state index >= 15 is 0 Å². The van der Waals surface area contributed by atoms with Gasteiger partial charge in [-0.25, -0.2) is 4.68 Å². The second-order valence-electron chi connectivity index (χ2n) is 5.47. The van der Waals surface area contributed by atoms with Crippen LogP contribution < -0.4 is 5.32 Å². The van der Waals surface area contributed by atoms with Gasteiger partial charge in [-0.15, -0.1) is 0 Å². The van der Waals surface area contributed by atoms with E-state index in [0.29, 0.717) is 18.7 Å². The maximum atomic E-state index is 12.5. The Morgan fingerprint density at radius 2 is 2.00 bits per heavy atom. The van der Waals surface area contributed by atoms with Crippen molar-refractivity contribution in [3.63, 3.8) is 0 Å². The number of amides is 1. The zero-order valence-corrected chi connectivity index (χ0v) is 15.1. The van der Waals surface area contributed by atoms with Crippen molar-refractivity contribution in [2.24, 2.45) is 0 Å². The zero-order valence-electron chi connectivity index (χ0n) is 13.5. The number of hydrogen-bond acceptors (Lipinski definition) is 3. The molecule has 6 nitrogen and oxygen atoms in total. The molecule has 0 aliphatic heterocycles. The Labute approximate surface area is 148 Å². The molecular formula is C17H18BrN5O. The molecule has 0 radical (unpaired) electrons. The van der Waals surface area contributed by atoms with E-state index in [4.69, 9.17) is 0 Å². The average Bonchev–Trinajstić information content (AvgIpc) is 3.11. The van der Waals surface area contributed by atoms with Gasteiger partial charge in [0.15, 0.2) is 0 Å². The maximum absolute atomic E-state index is 12.5. The van der Waals surface area contributed by atoms with Crippen LogP contribution in [-0.4, -0.2) is 32.0 Å². The highest BCUT2D eigenvalue weighted by Gasteiger charge is 2.19. The van der Waals surface area contributed by atoms with Crippen molar-refractivity contribution < 1.29 is 4.79 Å². The van der Waals surface area contributed by atoms with Crippen LogP contribution in [0.4, 0.5) is 0 Å². The highest BCUT2D eigenvalue weighted by Crippen LogP contribution is 2.17. The summed E-state index contributed by atoms with van der Waals surface area (Å²) in [5, 5.41) is 11.6. The van der Waals surface area contributed by atoms with Crippen LogP contribution in [0.15, 0.2) is 47.2 Å². The van der Waals surface area contributed by atoms with E-state index in [0.717, 1.165) is 21.5 Å². The van der Waals surface area contributed by atoms with E-state index < -0.39 is 0 Å². The smallest absolute Gasteiger partial charge is 0.255 e. The molecule has 0 fully saturated rings. The first-order chi connectivity index (χ1) is 11.6. The standard InChI is InChI=1S/C17H18BrN5O/c1-12-16(13(2)23(21-12)15-6-4-3-5-7-15)17(24)19-8-9-22-11-14(18)10-20-22/h3-7,10-11H,8-9H2,1-2H3,(H,19,24). The highest BCUT2D eigenvalue weighted by atomic mass is 79.9. The van der Waals surface area contributed by atoms with E-state index in [2.05, 4.69) is 31.4 Å². The molecule has 0 saturated carbocycles. The van der Waals surface area contributed by atoms with Crippen molar-refractivity contribution in [1.82, 2.24) is 24.9 Å². The zero-order chi connectivity index (χ0) is 17.1. The minimum absolute atomic E-state index is 0.113. The van der Waals surface area contributed by atoms with Gasteiger partial charge in [-0.1, -0.05) is 18.2 Å². The van der Waals surface area contributed by atoms with Gasteiger partial charge in [0.2, 0.25) is 0 Å². The molecule has 2 aromatic heterocycles. The first kappa shape index (κ1) is 16.4. The van der Waals surface area contributed by atoms with Crippen molar-refractivity contribution in [2.45, 2.75) is 20.4 Å². The van der Waals surface area contributed by atoms with Gasteiger partial charge in [-0.2, -0.15) is 10.2 Å². The third-order valence-electron chi connectivity index (χ3n) is 3.75. The summed E-state index contributed by atoms with van der Waals surface area (Å²) in [4.78, 5) is 12.5. The molecule has 7 heteroatoms. The summed E-state index contributed by atoms with van der Waals surface area (Å²) in [6.07, 6.45) is 3.59. The van der Waals surface area contributed by atoms with E-state index in [1.54, 1.807) is 15.6 Å². The summed E-state index contributed by atoms with van der Waals surface area (Å²) in [7, 11) is 0. The normalized spacial score (nSPS) is 10.8. The van der Waals surface area contributed by atoms with Gasteiger partial charge in [0.05, 0.1) is 39.9 Å². The van der Waals surface area contributed by atoms with Crippen molar-refractivity contribution in [2.75, 3.05) is 6.54 Å². The molecule has 0 aliphatic carbocycles. The Morgan fingerprint density at radius 3 is 2.67 bits per heavy atom. The predicted octanol–water partition coefficient (Wildman–Crippen LogP) is 2.88. The van der Waals surface area contributed by atoms with Gasteiger partial charge in [0, 0.05) is 12.7 Å². The summed E-state index contributed by atoms with van der Waals surface area (Å²) >= 11 is 3.35. The lowest BCUT2D eigenvalue weighted by atomic mass is 10.2. The fourth-order valence-electron chi connectivity index (χ4n) is 2.62. The molecule has 1 aromatic carbocycles. The second-order valence-corrected chi connectivity index (χ2v) is 6.39. The lowest BCUT2D eigenvalue weighted by molar-refractivity contribution is 0.0950. The maximum Gasteiger partial charge on any atom is 0.255 e. The van der Waals surface area contributed by atoms with E-state index in [9.17, 15) is 4.79 Å². The van der Waals surface area contributed by atoms with Crippen molar-refractivity contribution >= 4 is 21.8 Å². The summed E-state index contributed by atoms with van der Waals surface area (Å²) in [6, 6.07) is 9.80. The molecule has 0 saturated heterocycles. The topological polar surface area (TPSA) is 64.7 Å². The van der Waals surface area contributed by atoms with Crippen LogP contribution in [0.2, 0.25) is 0 Å². The minimum atomic E-state index is -0.113. The molecule has 1 N–H and O–H groups in total. The third kappa shape index (κ3) is 3.41. The lowest BCUT2D eigenvalue weighted by Gasteiger charge is -2.07. The molecule has 0 bridgehead atoms. The van der Waals surface area contributed by atoms with Crippen LogP contribution in [0.5, 0.6) is 0 Å². The van der Waals surface area contributed by atoms with Crippen LogP contribution in [0, 0.1) is 13.8 Å². The van der Waals surface area contributed by atoms with Gasteiger partial charge in [-0.05, 0) is 41.9 Å². The fraction of sp³-hybridized carbons (Fsp3) is 0.235. The van der Waals surface area contributed by atoms with E-state index in [-0.39, 0.29) is 5.91 Å². The number of aromatic nitrogens is 4. The van der Waals surface area contributed by atoms with Crippen molar-refractivity contribution in [1.29, 1.82) is 0 Å². The molecule has 0 aliphatic rings. The van der Waals surface area contributed by atoms with Crippen molar-refractivity contribution in [3.05, 3.63) is 64.1 Å². The Bertz CT molecular complexity index is 853. The quantitative estimate of drug-likeness (QED) is 0.731. The number of halogens is 1. The Morgan fingerprint density at radius 1 is 1.25 bits per heavy atom. The number of aryl methyl sites for hydroxylation is 1. The van der Waals surface area contributed by atoms with Crippen LogP contribution in [0.25, 0.3) is 5.69 Å². The SMILES string of the molecule is Cc1nn(-c2ccccc2)c(C)c1C(=O)NCCn1cc(Br)cn1. The first-order valence-electron chi connectivity index (χ1n) is 7.64. The highest BCUT2D eigenvalue weighted by molar-refractivity contribution is 9.10. The van der Waals surface area contributed by atoms with Gasteiger partial charge >= 0.3 is 0 Å². The van der Waals surface area contributed by atoms with E-state index in [1.807, 2.05) is 50.4 Å². The van der Waals surface area contributed by atoms with Gasteiger partial charge < -0.3 is 5.32 Å². The number of para-hydroxylation sites is 1. The largest absolute Gasteiger partial charge is 0.350 e. The molecule has 3 rings (SSSR count). The predicted molar refractivity (Wildman–Crippen MR) is 95.3 cm³/mol. The van der Waals surface area contributed by atoms with Crippen LogP contribution in [0.3, 0.4) is 0 Å². The number of benzene rings is 1. The van der Waals surface area contributed by atoms with E-state index in [1.165, 1.54) is 0 Å². The minimum Gasteiger partial charge on any atom is -0.350 e. The number of nitrogens with zero attached hydrogens (tertiary/aromatic N) is 4. The lowest BCUT2D eigenvalue weighted by Crippen LogP contribution is -2.28. The Balaban J connectivity index is 1.72. The summed E-state index contributed by atoms with van der Waals surface area (Å²) in [5.41, 5.74) is 3.12. The summed E-state index contributed by atoms with van der Waals surface area (Å²) in [6.45, 7) is 4.88. The summed E-state index contributed by atoms with van der Waals surface area (Å²) in [5.74, 6) is -0.113. The molecule has 24 heavy (non-hydrogen) atoms. The number of carbonyl (C=O) groups excluding carboxylic acids is 1. The summed E-state index contributed by atoms with van der Waals surface area (Å²) < 4.78 is 4.50. The average molecular weight is 388 g/mol. The number of hydrogen-bond donors (Lipinski definition) is 1. The molecule has 1 amide bonds. The molecule has 0 unspecified atom stereocenters. The molecule has 3 aromatic rings. The molecule has 0 spiro atoms. The second kappa shape index (κ2) is 7.00. The van der Waals surface area contributed by atoms with Crippen LogP contribution >= 0.6 is 15.9 Å². The Hall–Kier alpha value is -2.41. The van der Waals surface area contributed by atoms with Crippen LogP contribution in [0.1, 0.15) is 21.7 Å². The van der Waals surface area contributed by atoms with Gasteiger partial charge in [-0.3, -0.25) is 9.48 Å². The third-order valence-corrected chi connectivity index (χ3v) is 4.16. The number of carbonyl (C=O) groups is 1. The van der Waals surface area contributed by atoms with Crippen molar-refractivity contribution in [3.8, 4) is 5.69 Å². The Kier molecular flexibility index (Phi) is 4.80. The molecule has 124 valence electrons. The molecule has 0 atom stereocenters. The first-order valence-corrected chi connectivity index (χ1v) is 8.43. The number of nitrogens with one attached hydrogen (secondary N) is 1.